The summed E-state index contributed by atoms with van der Waals surface area (Å²) in [5.74, 6) is -0.962. The number of ether oxygens (including phenoxy) is 3. The Kier molecular flexibility index (Phi) is 7.75. The number of urea groups is 1. The number of halogens is 4. The highest BCUT2D eigenvalue weighted by atomic mass is 19.4. The summed E-state index contributed by atoms with van der Waals surface area (Å²) < 4.78 is 74.6. The van der Waals surface area contributed by atoms with Crippen molar-refractivity contribution in [2.45, 2.75) is 75.6 Å². The van der Waals surface area contributed by atoms with Gasteiger partial charge in [-0.1, -0.05) is 17.3 Å². The molecule has 2 amide bonds. The summed E-state index contributed by atoms with van der Waals surface area (Å²) in [6.07, 6.45) is -0.758. The second-order valence-electron chi connectivity index (χ2n) is 11.0. The molecule has 43 heavy (non-hydrogen) atoms. The predicted octanol–water partition coefficient (Wildman–Crippen LogP) is 6.79. The minimum Gasteiger partial charge on any atom is -0.465 e. The van der Waals surface area contributed by atoms with E-state index in [1.54, 1.807) is 11.0 Å². The summed E-state index contributed by atoms with van der Waals surface area (Å²) >= 11 is 0. The number of hydrogen-bond donors (Lipinski definition) is 1. The number of hydrogen-bond acceptors (Lipinski definition) is 7. The summed E-state index contributed by atoms with van der Waals surface area (Å²) in [7, 11) is 1.21. The molecule has 1 aromatic heterocycles. The zero-order valence-electron chi connectivity index (χ0n) is 23.2. The van der Waals surface area contributed by atoms with E-state index in [-0.39, 0.29) is 59.0 Å². The third kappa shape index (κ3) is 6.17. The van der Waals surface area contributed by atoms with Gasteiger partial charge in [-0.15, -0.1) is 13.2 Å². The Balaban J connectivity index is 1.15. The number of carbonyl (C=O) groups excluding carboxylic acids is 2. The molecule has 3 heterocycles. The second-order valence-corrected chi connectivity index (χ2v) is 11.0. The van der Waals surface area contributed by atoms with E-state index in [0.717, 1.165) is 31.7 Å². The maximum absolute atomic E-state index is 14.4. The number of benzene rings is 2. The molecule has 3 aliphatic rings. The molecule has 1 saturated carbocycles. The molecule has 2 saturated heterocycles. The molecule has 2 bridgehead atoms. The van der Waals surface area contributed by atoms with E-state index in [1.807, 2.05) is 0 Å². The van der Waals surface area contributed by atoms with Gasteiger partial charge in [-0.25, -0.2) is 14.0 Å². The van der Waals surface area contributed by atoms with Crippen LogP contribution >= 0.6 is 0 Å². The van der Waals surface area contributed by atoms with E-state index in [4.69, 9.17) is 9.26 Å². The summed E-state index contributed by atoms with van der Waals surface area (Å²) in [5.41, 5.74) is 0.990. The van der Waals surface area contributed by atoms with Gasteiger partial charge >= 0.3 is 18.4 Å². The number of nitrogens with zero attached hydrogens (tertiary/aromatic N) is 2. The molecule has 3 fully saturated rings. The van der Waals surface area contributed by atoms with Crippen LogP contribution < -0.4 is 10.1 Å². The van der Waals surface area contributed by atoms with Gasteiger partial charge in [-0.2, -0.15) is 0 Å². The fourth-order valence-electron chi connectivity index (χ4n) is 6.06. The van der Waals surface area contributed by atoms with Crippen molar-refractivity contribution in [1.82, 2.24) is 10.1 Å². The number of para-hydroxylation sites is 1. The Morgan fingerprint density at radius 2 is 1.79 bits per heavy atom. The Hall–Kier alpha value is -4.13. The average Bonchev–Trinajstić information content (AvgIpc) is 3.67. The smallest absolute Gasteiger partial charge is 0.465 e. The average molecular weight is 604 g/mol. The maximum atomic E-state index is 14.4. The van der Waals surface area contributed by atoms with E-state index in [9.17, 15) is 27.2 Å². The molecule has 2 atom stereocenters. The summed E-state index contributed by atoms with van der Waals surface area (Å²) in [5, 5.41) is 6.72. The van der Waals surface area contributed by atoms with Crippen molar-refractivity contribution in [2.75, 3.05) is 12.4 Å². The number of piperidine rings is 1. The van der Waals surface area contributed by atoms with Crippen LogP contribution in [0.25, 0.3) is 11.3 Å². The minimum atomic E-state index is -4.87. The molecule has 9 nitrogen and oxygen atoms in total. The lowest BCUT2D eigenvalue weighted by atomic mass is 9.99. The first kappa shape index (κ1) is 29.0. The first-order valence-electron chi connectivity index (χ1n) is 14.0. The van der Waals surface area contributed by atoms with E-state index in [0.29, 0.717) is 24.2 Å². The Morgan fingerprint density at radius 1 is 1.07 bits per heavy atom. The van der Waals surface area contributed by atoms with Crippen LogP contribution in [0.5, 0.6) is 5.75 Å². The SMILES string of the molecule is COC(=O)c1ccc(F)c(NC(=O)N2C3CCC2CC(OCc2c(-c4ccccc4OC(F)(F)F)noc2C2CC2)C3)c1. The lowest BCUT2D eigenvalue weighted by Gasteiger charge is -2.38. The summed E-state index contributed by atoms with van der Waals surface area (Å²) in [6.45, 7) is 0.0762. The quantitative estimate of drug-likeness (QED) is 0.224. The van der Waals surface area contributed by atoms with Crippen LogP contribution in [0, 0.1) is 5.82 Å². The van der Waals surface area contributed by atoms with Crippen molar-refractivity contribution in [3.63, 3.8) is 0 Å². The fraction of sp³-hybridized carbons (Fsp3) is 0.433. The number of carbonyl (C=O) groups is 2. The lowest BCUT2D eigenvalue weighted by molar-refractivity contribution is -0.274. The number of nitrogens with one attached hydrogen (secondary N) is 1. The molecular formula is C30H29F4N3O6. The first-order chi connectivity index (χ1) is 20.6. The van der Waals surface area contributed by atoms with E-state index in [1.165, 1.54) is 37.4 Å². The second kappa shape index (κ2) is 11.5. The number of esters is 1. The van der Waals surface area contributed by atoms with E-state index < -0.39 is 24.2 Å². The predicted molar refractivity (Wildman–Crippen MR) is 144 cm³/mol. The van der Waals surface area contributed by atoms with Crippen LogP contribution in [0.2, 0.25) is 0 Å². The zero-order chi connectivity index (χ0) is 30.3. The van der Waals surface area contributed by atoms with Gasteiger partial charge < -0.3 is 29.0 Å². The number of anilines is 1. The van der Waals surface area contributed by atoms with Crippen molar-refractivity contribution in [1.29, 1.82) is 0 Å². The standard InChI is InChI=1S/C30H29F4N3O6/c1-40-28(38)17-8-11-23(31)24(12-17)35-29(39)37-18-9-10-19(37)14-20(13-18)41-15-22-26(36-43-27(22)16-6-7-16)21-4-2-3-5-25(21)42-30(32,33)34/h2-5,8,11-12,16,18-20H,6-7,9-10,13-15H2,1H3,(H,35,39). The van der Waals surface area contributed by atoms with Gasteiger partial charge in [0.1, 0.15) is 23.0 Å². The van der Waals surface area contributed by atoms with Gasteiger partial charge in [0.15, 0.2) is 0 Å². The molecule has 1 N–H and O–H groups in total. The van der Waals surface area contributed by atoms with Gasteiger partial charge in [0.25, 0.3) is 0 Å². The van der Waals surface area contributed by atoms with Crippen molar-refractivity contribution >= 4 is 17.7 Å². The molecule has 2 aromatic carbocycles. The van der Waals surface area contributed by atoms with Gasteiger partial charge in [0.2, 0.25) is 0 Å². The molecule has 3 aromatic rings. The lowest BCUT2D eigenvalue weighted by Crippen LogP contribution is -2.50. The molecule has 13 heteroatoms. The first-order valence-corrected chi connectivity index (χ1v) is 14.0. The minimum absolute atomic E-state index is 0.0762. The van der Waals surface area contributed by atoms with Crippen molar-refractivity contribution in [2.24, 2.45) is 0 Å². The molecule has 228 valence electrons. The topological polar surface area (TPSA) is 103 Å². The molecule has 1 aliphatic carbocycles. The van der Waals surface area contributed by atoms with Crippen LogP contribution in [0.1, 0.15) is 66.1 Å². The number of fused-ring (bicyclic) bond motifs is 2. The highest BCUT2D eigenvalue weighted by molar-refractivity contribution is 5.94. The Labute approximate surface area is 244 Å². The number of rotatable bonds is 8. The van der Waals surface area contributed by atoms with Crippen LogP contribution in [-0.2, 0) is 16.1 Å². The largest absolute Gasteiger partial charge is 0.573 e. The van der Waals surface area contributed by atoms with Gasteiger partial charge in [-0.3, -0.25) is 0 Å². The van der Waals surface area contributed by atoms with Gasteiger partial charge in [0, 0.05) is 29.1 Å². The summed E-state index contributed by atoms with van der Waals surface area (Å²) in [6, 6.07) is 8.63. The van der Waals surface area contributed by atoms with Crippen LogP contribution in [-0.4, -0.2) is 53.7 Å². The fourth-order valence-corrected chi connectivity index (χ4v) is 6.06. The third-order valence-electron chi connectivity index (χ3n) is 8.15. The molecule has 6 rings (SSSR count). The normalized spacial score (nSPS) is 21.5. The van der Waals surface area contributed by atoms with Crippen LogP contribution in [0.15, 0.2) is 47.0 Å². The highest BCUT2D eigenvalue weighted by Crippen LogP contribution is 2.46. The van der Waals surface area contributed by atoms with Crippen molar-refractivity contribution in [3.8, 4) is 17.0 Å². The number of methoxy groups -OCH3 is 1. The maximum Gasteiger partial charge on any atom is 0.573 e. The van der Waals surface area contributed by atoms with Gasteiger partial charge in [0.05, 0.1) is 31.1 Å². The molecule has 2 unspecified atom stereocenters. The number of amides is 2. The van der Waals surface area contributed by atoms with Crippen molar-refractivity contribution < 1.29 is 45.9 Å². The third-order valence-corrected chi connectivity index (χ3v) is 8.15. The van der Waals surface area contributed by atoms with Crippen LogP contribution in [0.4, 0.5) is 28.0 Å². The molecule has 0 spiro atoms. The molecule has 2 aliphatic heterocycles. The highest BCUT2D eigenvalue weighted by Gasteiger charge is 2.44. The molecule has 0 radical (unpaired) electrons. The molecular weight excluding hydrogens is 574 g/mol. The Bertz CT molecular complexity index is 1510. The zero-order valence-corrected chi connectivity index (χ0v) is 23.2. The number of alkyl halides is 3. The van der Waals surface area contributed by atoms with E-state index in [2.05, 4.69) is 19.9 Å². The van der Waals surface area contributed by atoms with Crippen LogP contribution in [0.3, 0.4) is 0 Å². The van der Waals surface area contributed by atoms with Crippen molar-refractivity contribution in [3.05, 3.63) is 65.2 Å². The Morgan fingerprint density at radius 3 is 2.47 bits per heavy atom. The van der Waals surface area contributed by atoms with E-state index >= 15 is 0 Å². The van der Waals surface area contributed by atoms with Gasteiger partial charge in [-0.05, 0) is 68.9 Å². The summed E-state index contributed by atoms with van der Waals surface area (Å²) in [4.78, 5) is 26.8. The number of aromatic nitrogens is 1. The monoisotopic (exact) mass is 603 g/mol.